The van der Waals surface area contributed by atoms with Gasteiger partial charge in [0, 0.05) is 18.2 Å². The molecular formula is C12H7F2N3O. The topological polar surface area (TPSA) is 61.5 Å². The van der Waals surface area contributed by atoms with Crippen LogP contribution in [-0.4, -0.2) is 15.0 Å². The number of aromatic nitrogens is 3. The van der Waals surface area contributed by atoms with Crippen LogP contribution >= 0.6 is 0 Å². The van der Waals surface area contributed by atoms with Crippen LogP contribution in [0.4, 0.5) is 8.78 Å². The molecule has 2 N–H and O–H groups in total. The van der Waals surface area contributed by atoms with E-state index in [0.29, 0.717) is 22.6 Å². The van der Waals surface area contributed by atoms with E-state index in [9.17, 15) is 13.6 Å². The Hall–Kier alpha value is -2.50. The van der Waals surface area contributed by atoms with E-state index < -0.39 is 11.6 Å². The van der Waals surface area contributed by atoms with Crippen LogP contribution in [0.3, 0.4) is 0 Å². The number of nitrogens with one attached hydrogen (secondary N) is 2. The normalized spacial score (nSPS) is 11.0. The second-order valence-electron chi connectivity index (χ2n) is 3.80. The van der Waals surface area contributed by atoms with Crippen LogP contribution in [-0.2, 0) is 0 Å². The molecule has 3 aromatic rings. The molecule has 0 radical (unpaired) electrons. The molecule has 2 heterocycles. The van der Waals surface area contributed by atoms with Crippen molar-refractivity contribution >= 4 is 11.0 Å². The summed E-state index contributed by atoms with van der Waals surface area (Å²) in [6.07, 6.45) is 0. The second-order valence-corrected chi connectivity index (χ2v) is 3.80. The van der Waals surface area contributed by atoms with Gasteiger partial charge in [-0.3, -0.25) is 4.79 Å². The van der Waals surface area contributed by atoms with Gasteiger partial charge < -0.3 is 9.97 Å². The van der Waals surface area contributed by atoms with Crippen molar-refractivity contribution in [1.29, 1.82) is 0 Å². The molecule has 4 nitrogen and oxygen atoms in total. The van der Waals surface area contributed by atoms with Crippen LogP contribution in [0.5, 0.6) is 0 Å². The van der Waals surface area contributed by atoms with Gasteiger partial charge in [-0.05, 0) is 6.07 Å². The largest absolute Gasteiger partial charge is 0.337 e. The average Bonchev–Trinajstić information content (AvgIpc) is 2.73. The van der Waals surface area contributed by atoms with Crippen molar-refractivity contribution in [2.24, 2.45) is 0 Å². The average molecular weight is 247 g/mol. The van der Waals surface area contributed by atoms with Gasteiger partial charge in [-0.1, -0.05) is 6.07 Å². The lowest BCUT2D eigenvalue weighted by Crippen LogP contribution is -2.03. The molecule has 0 fully saturated rings. The number of benzene rings is 1. The number of nitrogens with zero attached hydrogens (tertiary/aromatic N) is 1. The maximum absolute atomic E-state index is 13.0. The fourth-order valence-corrected chi connectivity index (χ4v) is 1.72. The third kappa shape index (κ3) is 1.67. The molecule has 0 bridgehead atoms. The maximum Gasteiger partial charge on any atom is 0.248 e. The molecule has 0 atom stereocenters. The summed E-state index contributed by atoms with van der Waals surface area (Å²) in [5.41, 5.74) is 0.854. The highest BCUT2D eigenvalue weighted by molar-refractivity contribution is 5.78. The Morgan fingerprint density at radius 3 is 2.61 bits per heavy atom. The summed E-state index contributed by atoms with van der Waals surface area (Å²) in [5, 5.41) is 0. The van der Waals surface area contributed by atoms with Crippen molar-refractivity contribution in [3.05, 3.63) is 52.3 Å². The fourth-order valence-electron chi connectivity index (χ4n) is 1.72. The van der Waals surface area contributed by atoms with Crippen LogP contribution in [0.15, 0.2) is 35.1 Å². The zero-order chi connectivity index (χ0) is 12.7. The summed E-state index contributed by atoms with van der Waals surface area (Å²) in [6, 6.07) is 6.62. The van der Waals surface area contributed by atoms with Gasteiger partial charge in [0.2, 0.25) is 5.56 Å². The summed E-state index contributed by atoms with van der Waals surface area (Å²) >= 11 is 0. The lowest BCUT2D eigenvalue weighted by molar-refractivity contribution is 0.510. The minimum Gasteiger partial charge on any atom is -0.337 e. The first kappa shape index (κ1) is 10.6. The minimum atomic E-state index is -0.956. The van der Waals surface area contributed by atoms with Crippen molar-refractivity contribution in [2.75, 3.05) is 0 Å². The smallest absolute Gasteiger partial charge is 0.248 e. The van der Waals surface area contributed by atoms with Gasteiger partial charge in [0.05, 0.1) is 16.7 Å². The van der Waals surface area contributed by atoms with Gasteiger partial charge >= 0.3 is 0 Å². The quantitative estimate of drug-likeness (QED) is 0.692. The Morgan fingerprint density at radius 2 is 1.83 bits per heavy atom. The first-order valence-electron chi connectivity index (χ1n) is 5.18. The number of fused-ring (bicyclic) bond motifs is 1. The van der Waals surface area contributed by atoms with E-state index in [-0.39, 0.29) is 5.56 Å². The van der Waals surface area contributed by atoms with Gasteiger partial charge in [-0.2, -0.15) is 0 Å². The van der Waals surface area contributed by atoms with E-state index in [1.807, 2.05) is 0 Å². The van der Waals surface area contributed by atoms with Crippen LogP contribution in [0.2, 0.25) is 0 Å². The molecule has 0 saturated heterocycles. The molecule has 0 amide bonds. The third-order valence-electron chi connectivity index (χ3n) is 2.55. The SMILES string of the molecule is O=c1cccc(-c2nc3cc(F)c(F)cc3[nH]2)[nH]1. The van der Waals surface area contributed by atoms with E-state index in [4.69, 9.17) is 0 Å². The first-order chi connectivity index (χ1) is 8.63. The van der Waals surface area contributed by atoms with E-state index >= 15 is 0 Å². The Morgan fingerprint density at radius 1 is 1.06 bits per heavy atom. The van der Waals surface area contributed by atoms with Crippen molar-refractivity contribution < 1.29 is 8.78 Å². The number of hydrogen-bond acceptors (Lipinski definition) is 2. The van der Waals surface area contributed by atoms with Crippen LogP contribution in [0, 0.1) is 11.6 Å². The number of H-pyrrole nitrogens is 2. The summed E-state index contributed by atoms with van der Waals surface area (Å²) in [7, 11) is 0. The lowest BCUT2D eigenvalue weighted by Gasteiger charge is -1.93. The van der Waals surface area contributed by atoms with Gasteiger partial charge in [-0.25, -0.2) is 13.8 Å². The molecular weight excluding hydrogens is 240 g/mol. The number of aromatic amines is 2. The van der Waals surface area contributed by atoms with E-state index in [0.717, 1.165) is 12.1 Å². The summed E-state index contributed by atoms with van der Waals surface area (Å²) in [5.74, 6) is -1.55. The molecule has 90 valence electrons. The predicted molar refractivity (Wildman–Crippen MR) is 62.1 cm³/mol. The molecule has 18 heavy (non-hydrogen) atoms. The monoisotopic (exact) mass is 247 g/mol. The van der Waals surface area contributed by atoms with Crippen molar-refractivity contribution in [1.82, 2.24) is 15.0 Å². The Bertz CT molecular complexity index is 752. The maximum atomic E-state index is 13.0. The van der Waals surface area contributed by atoms with Crippen molar-refractivity contribution in [2.45, 2.75) is 0 Å². The number of imidazole rings is 1. The Balaban J connectivity index is 2.22. The second kappa shape index (κ2) is 3.76. The molecule has 0 spiro atoms. The molecule has 0 unspecified atom stereocenters. The van der Waals surface area contributed by atoms with Crippen LogP contribution < -0.4 is 5.56 Å². The number of halogens is 2. The molecule has 0 aliphatic carbocycles. The van der Waals surface area contributed by atoms with Crippen LogP contribution in [0.1, 0.15) is 0 Å². The number of hydrogen-bond donors (Lipinski definition) is 2. The highest BCUT2D eigenvalue weighted by Crippen LogP contribution is 2.20. The Labute approximate surface area is 99.3 Å². The molecule has 6 heteroatoms. The molecule has 1 aromatic carbocycles. The predicted octanol–water partition coefficient (Wildman–Crippen LogP) is 2.20. The summed E-state index contributed by atoms with van der Waals surface area (Å²) < 4.78 is 26.1. The third-order valence-corrected chi connectivity index (χ3v) is 2.55. The number of pyridine rings is 1. The first-order valence-corrected chi connectivity index (χ1v) is 5.18. The van der Waals surface area contributed by atoms with E-state index in [1.165, 1.54) is 6.07 Å². The van der Waals surface area contributed by atoms with Gasteiger partial charge in [-0.15, -0.1) is 0 Å². The van der Waals surface area contributed by atoms with Gasteiger partial charge in [0.1, 0.15) is 0 Å². The van der Waals surface area contributed by atoms with Crippen molar-refractivity contribution in [3.63, 3.8) is 0 Å². The Kier molecular flexibility index (Phi) is 2.22. The van der Waals surface area contributed by atoms with E-state index in [1.54, 1.807) is 12.1 Å². The zero-order valence-electron chi connectivity index (χ0n) is 9.00. The highest BCUT2D eigenvalue weighted by Gasteiger charge is 2.10. The molecule has 0 aliphatic heterocycles. The summed E-state index contributed by atoms with van der Waals surface area (Å²) in [6.45, 7) is 0. The standard InChI is InChI=1S/C12H7F2N3O/c13-6-4-9-10(5-7(6)14)17-12(16-9)8-2-1-3-11(18)15-8/h1-5H,(H,15,18)(H,16,17). The van der Waals surface area contributed by atoms with Gasteiger partial charge in [0.25, 0.3) is 0 Å². The van der Waals surface area contributed by atoms with Crippen molar-refractivity contribution in [3.8, 4) is 11.5 Å². The molecule has 0 aliphatic rings. The zero-order valence-corrected chi connectivity index (χ0v) is 9.00. The fraction of sp³-hybridized carbons (Fsp3) is 0. The molecule has 0 saturated carbocycles. The van der Waals surface area contributed by atoms with E-state index in [2.05, 4.69) is 15.0 Å². The minimum absolute atomic E-state index is 0.273. The molecule has 2 aromatic heterocycles. The van der Waals surface area contributed by atoms with Gasteiger partial charge in [0.15, 0.2) is 17.5 Å². The van der Waals surface area contributed by atoms with Crippen LogP contribution in [0.25, 0.3) is 22.6 Å². The lowest BCUT2D eigenvalue weighted by atomic mass is 10.3. The summed E-state index contributed by atoms with van der Waals surface area (Å²) in [4.78, 5) is 20.7. The number of rotatable bonds is 1. The molecule has 3 rings (SSSR count). The highest BCUT2D eigenvalue weighted by atomic mass is 19.2.